The Morgan fingerprint density at radius 3 is 2.33 bits per heavy atom. The molecule has 2 nitrogen and oxygen atoms in total. The minimum absolute atomic E-state index is 0.0444. The topological polar surface area (TPSA) is 34.1 Å². The summed E-state index contributed by atoms with van der Waals surface area (Å²) in [7, 11) is 0. The molecule has 2 unspecified atom stereocenters. The largest absolute Gasteiger partial charge is 0.299 e. The fourth-order valence-corrected chi connectivity index (χ4v) is 1.50. The Labute approximate surface area is 92.8 Å². The summed E-state index contributed by atoms with van der Waals surface area (Å²) in [5, 5.41) is 0. The minimum atomic E-state index is -0.426. The highest BCUT2D eigenvalue weighted by molar-refractivity contribution is 6.02. The van der Waals surface area contributed by atoms with Crippen LogP contribution in [0.3, 0.4) is 0 Å². The second-order valence-electron chi connectivity index (χ2n) is 4.05. The lowest BCUT2D eigenvalue weighted by Crippen LogP contribution is -2.26. The van der Waals surface area contributed by atoms with E-state index in [1.807, 2.05) is 32.9 Å². The van der Waals surface area contributed by atoms with Gasteiger partial charge in [-0.2, -0.15) is 0 Å². The van der Waals surface area contributed by atoms with E-state index in [9.17, 15) is 9.59 Å². The van der Waals surface area contributed by atoms with E-state index in [-0.39, 0.29) is 17.5 Å². The van der Waals surface area contributed by atoms with Crippen LogP contribution in [0.5, 0.6) is 0 Å². The molecule has 86 valence electrons. The first-order valence-corrected chi connectivity index (χ1v) is 5.72. The smallest absolute Gasteiger partial charge is 0.146 e. The third kappa shape index (κ3) is 4.91. The van der Waals surface area contributed by atoms with Crippen molar-refractivity contribution in [3.05, 3.63) is 12.2 Å². The van der Waals surface area contributed by atoms with Crippen LogP contribution in [0.15, 0.2) is 12.2 Å². The van der Waals surface area contributed by atoms with Crippen LogP contribution in [0.25, 0.3) is 0 Å². The normalized spacial score (nSPS) is 15.2. The van der Waals surface area contributed by atoms with Crippen LogP contribution in [-0.2, 0) is 9.59 Å². The highest BCUT2D eigenvalue weighted by Crippen LogP contribution is 2.14. The van der Waals surface area contributed by atoms with Gasteiger partial charge in [-0.1, -0.05) is 26.0 Å². The maximum Gasteiger partial charge on any atom is 0.146 e. The zero-order valence-corrected chi connectivity index (χ0v) is 10.2. The molecule has 2 atom stereocenters. The zero-order chi connectivity index (χ0) is 11.8. The number of allylic oxidation sites excluding steroid dienone is 2. The van der Waals surface area contributed by atoms with Crippen molar-refractivity contribution in [1.29, 1.82) is 0 Å². The van der Waals surface area contributed by atoms with E-state index in [4.69, 9.17) is 0 Å². The van der Waals surface area contributed by atoms with Crippen molar-refractivity contribution in [2.45, 2.75) is 47.0 Å². The van der Waals surface area contributed by atoms with Gasteiger partial charge in [0.05, 0.1) is 5.92 Å². The molecule has 15 heavy (non-hydrogen) atoms. The van der Waals surface area contributed by atoms with Gasteiger partial charge in [0.1, 0.15) is 11.6 Å². The molecule has 0 radical (unpaired) electrons. The van der Waals surface area contributed by atoms with Gasteiger partial charge in [0, 0.05) is 12.3 Å². The number of ketones is 2. The van der Waals surface area contributed by atoms with Crippen molar-refractivity contribution >= 4 is 11.6 Å². The molecule has 0 aromatic heterocycles. The van der Waals surface area contributed by atoms with Gasteiger partial charge in [-0.3, -0.25) is 9.59 Å². The van der Waals surface area contributed by atoms with Crippen LogP contribution in [0.2, 0.25) is 0 Å². The van der Waals surface area contributed by atoms with Crippen molar-refractivity contribution in [2.75, 3.05) is 0 Å². The predicted molar refractivity (Wildman–Crippen MR) is 62.7 cm³/mol. The molecule has 0 spiro atoms. The van der Waals surface area contributed by atoms with E-state index in [1.54, 1.807) is 6.92 Å². The molecule has 0 N–H and O–H groups in total. The van der Waals surface area contributed by atoms with Crippen LogP contribution in [0, 0.1) is 11.8 Å². The lowest BCUT2D eigenvalue weighted by atomic mass is 9.89. The maximum absolute atomic E-state index is 11.8. The molecule has 0 fully saturated rings. The van der Waals surface area contributed by atoms with Crippen LogP contribution in [0.4, 0.5) is 0 Å². The third-order valence-corrected chi connectivity index (χ3v) is 2.62. The van der Waals surface area contributed by atoms with Gasteiger partial charge in [0.15, 0.2) is 0 Å². The summed E-state index contributed by atoms with van der Waals surface area (Å²) in [6.07, 6.45) is 5.98. The first-order chi connectivity index (χ1) is 7.04. The van der Waals surface area contributed by atoms with Crippen LogP contribution >= 0.6 is 0 Å². The van der Waals surface area contributed by atoms with Gasteiger partial charge in [-0.15, -0.1) is 0 Å². The molecule has 0 rings (SSSR count). The van der Waals surface area contributed by atoms with Gasteiger partial charge >= 0.3 is 0 Å². The average molecular weight is 210 g/mol. The van der Waals surface area contributed by atoms with Gasteiger partial charge in [0.25, 0.3) is 0 Å². The van der Waals surface area contributed by atoms with Crippen LogP contribution < -0.4 is 0 Å². The van der Waals surface area contributed by atoms with Crippen LogP contribution in [0.1, 0.15) is 47.0 Å². The SMILES string of the molecule is C/C=C/CC(C)C(=O)C(C)C(=O)CCC. The number of hydrogen-bond acceptors (Lipinski definition) is 2. The van der Waals surface area contributed by atoms with E-state index < -0.39 is 5.92 Å². The summed E-state index contributed by atoms with van der Waals surface area (Å²) < 4.78 is 0. The molecule has 0 heterocycles. The molecule has 0 aliphatic carbocycles. The molecule has 0 saturated heterocycles. The fraction of sp³-hybridized carbons (Fsp3) is 0.692. The minimum Gasteiger partial charge on any atom is -0.299 e. The standard InChI is InChI=1S/C13H22O2/c1-5-7-9-10(3)13(15)11(4)12(14)8-6-2/h5,7,10-11H,6,8-9H2,1-4H3/b7-5+. The number of Topliss-reactive ketones (excluding diaryl/α,β-unsaturated/α-hetero) is 2. The van der Waals surface area contributed by atoms with Crippen molar-refractivity contribution in [3.63, 3.8) is 0 Å². The molecule has 0 amide bonds. The Morgan fingerprint density at radius 1 is 1.27 bits per heavy atom. The third-order valence-electron chi connectivity index (χ3n) is 2.62. The molecule has 0 aliphatic rings. The fourth-order valence-electron chi connectivity index (χ4n) is 1.50. The summed E-state index contributed by atoms with van der Waals surface area (Å²) >= 11 is 0. The Balaban J connectivity index is 4.24. The number of carbonyl (C=O) groups excluding carboxylic acids is 2. The zero-order valence-electron chi connectivity index (χ0n) is 10.2. The van der Waals surface area contributed by atoms with Gasteiger partial charge < -0.3 is 0 Å². The summed E-state index contributed by atoms with van der Waals surface area (Å²) in [4.78, 5) is 23.3. The summed E-state index contributed by atoms with van der Waals surface area (Å²) in [5.41, 5.74) is 0. The van der Waals surface area contributed by atoms with Crippen LogP contribution in [-0.4, -0.2) is 11.6 Å². The number of hydrogen-bond donors (Lipinski definition) is 0. The first kappa shape index (κ1) is 14.1. The van der Waals surface area contributed by atoms with E-state index in [2.05, 4.69) is 0 Å². The van der Waals surface area contributed by atoms with Crippen molar-refractivity contribution in [3.8, 4) is 0 Å². The van der Waals surface area contributed by atoms with Crippen molar-refractivity contribution in [1.82, 2.24) is 0 Å². The summed E-state index contributed by atoms with van der Waals surface area (Å²) in [6, 6.07) is 0. The lowest BCUT2D eigenvalue weighted by molar-refractivity contribution is -0.134. The second kappa shape index (κ2) is 7.38. The highest BCUT2D eigenvalue weighted by Gasteiger charge is 2.24. The second-order valence-corrected chi connectivity index (χ2v) is 4.05. The average Bonchev–Trinajstić information content (AvgIpc) is 2.24. The Bertz CT molecular complexity index is 241. The highest BCUT2D eigenvalue weighted by atomic mass is 16.1. The van der Waals surface area contributed by atoms with Crippen molar-refractivity contribution < 1.29 is 9.59 Å². The first-order valence-electron chi connectivity index (χ1n) is 5.72. The monoisotopic (exact) mass is 210 g/mol. The molecule has 0 aromatic rings. The van der Waals surface area contributed by atoms with E-state index in [0.29, 0.717) is 6.42 Å². The Morgan fingerprint density at radius 2 is 1.87 bits per heavy atom. The molecular formula is C13H22O2. The molecule has 0 saturated carbocycles. The number of carbonyl (C=O) groups is 2. The Kier molecular flexibility index (Phi) is 6.93. The predicted octanol–water partition coefficient (Wildman–Crippen LogP) is 3.16. The summed E-state index contributed by atoms with van der Waals surface area (Å²) in [6.45, 7) is 7.51. The van der Waals surface area contributed by atoms with E-state index >= 15 is 0 Å². The Hall–Kier alpha value is -0.920. The van der Waals surface area contributed by atoms with Gasteiger partial charge in [-0.25, -0.2) is 0 Å². The van der Waals surface area contributed by atoms with E-state index in [0.717, 1.165) is 12.8 Å². The van der Waals surface area contributed by atoms with Gasteiger partial charge in [-0.05, 0) is 26.7 Å². The number of rotatable bonds is 7. The quantitative estimate of drug-likeness (QED) is 0.478. The maximum atomic E-state index is 11.8. The van der Waals surface area contributed by atoms with E-state index in [1.165, 1.54) is 0 Å². The molecule has 0 aromatic carbocycles. The summed E-state index contributed by atoms with van der Waals surface area (Å²) in [5.74, 6) is -0.316. The lowest BCUT2D eigenvalue weighted by Gasteiger charge is -2.13. The molecule has 2 heteroatoms. The molecular weight excluding hydrogens is 188 g/mol. The molecule has 0 bridgehead atoms. The molecule has 0 aliphatic heterocycles. The van der Waals surface area contributed by atoms with Gasteiger partial charge in [0.2, 0.25) is 0 Å². The van der Waals surface area contributed by atoms with Crippen molar-refractivity contribution in [2.24, 2.45) is 11.8 Å².